The second-order valence-electron chi connectivity index (χ2n) is 5.76. The van der Waals surface area contributed by atoms with Gasteiger partial charge in [-0.2, -0.15) is 0 Å². The quantitative estimate of drug-likeness (QED) is 0.874. The SMILES string of the molecule is CC(N)C(C)C(=O)NCC(C)(C)c1cccc(Br)c1. The number of hydrogen-bond acceptors (Lipinski definition) is 2. The molecule has 1 aromatic carbocycles. The first-order valence-corrected chi connectivity index (χ1v) is 7.32. The average Bonchev–Trinajstić information content (AvgIpc) is 2.35. The minimum Gasteiger partial charge on any atom is -0.355 e. The zero-order valence-electron chi connectivity index (χ0n) is 12.0. The van der Waals surface area contributed by atoms with Gasteiger partial charge in [-0.15, -0.1) is 0 Å². The summed E-state index contributed by atoms with van der Waals surface area (Å²) >= 11 is 3.47. The van der Waals surface area contributed by atoms with E-state index in [1.54, 1.807) is 0 Å². The molecule has 0 aromatic heterocycles. The van der Waals surface area contributed by atoms with Crippen LogP contribution in [0, 0.1) is 5.92 Å². The van der Waals surface area contributed by atoms with Crippen LogP contribution in [0.3, 0.4) is 0 Å². The topological polar surface area (TPSA) is 55.1 Å². The Balaban J connectivity index is 2.68. The fourth-order valence-corrected chi connectivity index (χ4v) is 2.12. The van der Waals surface area contributed by atoms with Crippen molar-refractivity contribution in [3.8, 4) is 0 Å². The van der Waals surface area contributed by atoms with E-state index in [1.807, 2.05) is 26.0 Å². The number of benzene rings is 1. The number of carbonyl (C=O) groups excluding carboxylic acids is 1. The van der Waals surface area contributed by atoms with Gasteiger partial charge in [0.2, 0.25) is 5.91 Å². The highest BCUT2D eigenvalue weighted by atomic mass is 79.9. The number of carbonyl (C=O) groups is 1. The predicted molar refractivity (Wildman–Crippen MR) is 83.0 cm³/mol. The number of nitrogens with one attached hydrogen (secondary N) is 1. The van der Waals surface area contributed by atoms with Crippen LogP contribution < -0.4 is 11.1 Å². The van der Waals surface area contributed by atoms with E-state index in [1.165, 1.54) is 5.56 Å². The van der Waals surface area contributed by atoms with E-state index < -0.39 is 0 Å². The first-order valence-electron chi connectivity index (χ1n) is 6.53. The Morgan fingerprint density at radius 1 is 1.42 bits per heavy atom. The van der Waals surface area contributed by atoms with Gasteiger partial charge in [0.25, 0.3) is 0 Å². The van der Waals surface area contributed by atoms with Crippen molar-refractivity contribution in [2.24, 2.45) is 11.7 Å². The van der Waals surface area contributed by atoms with Crippen LogP contribution in [0.2, 0.25) is 0 Å². The lowest BCUT2D eigenvalue weighted by molar-refractivity contribution is -0.125. The fraction of sp³-hybridized carbons (Fsp3) is 0.533. The van der Waals surface area contributed by atoms with Crippen LogP contribution in [-0.2, 0) is 10.2 Å². The molecule has 1 rings (SSSR count). The highest BCUT2D eigenvalue weighted by molar-refractivity contribution is 9.10. The van der Waals surface area contributed by atoms with Crippen LogP contribution in [-0.4, -0.2) is 18.5 Å². The van der Waals surface area contributed by atoms with Gasteiger partial charge in [-0.1, -0.05) is 48.8 Å². The Kier molecular flexibility index (Phi) is 5.56. The minimum absolute atomic E-state index is 0.0121. The smallest absolute Gasteiger partial charge is 0.224 e. The van der Waals surface area contributed by atoms with E-state index in [9.17, 15) is 4.79 Å². The number of amides is 1. The first-order chi connectivity index (χ1) is 8.74. The lowest BCUT2D eigenvalue weighted by Crippen LogP contribution is -2.43. The molecule has 2 atom stereocenters. The summed E-state index contributed by atoms with van der Waals surface area (Å²) in [6.07, 6.45) is 0. The standard InChI is InChI=1S/C15H23BrN2O/c1-10(11(2)17)14(19)18-9-15(3,4)12-6-5-7-13(16)8-12/h5-8,10-11H,9,17H2,1-4H3,(H,18,19). The molecular weight excluding hydrogens is 304 g/mol. The number of rotatable bonds is 5. The van der Waals surface area contributed by atoms with Gasteiger partial charge in [0.15, 0.2) is 0 Å². The van der Waals surface area contributed by atoms with Crippen molar-refractivity contribution in [3.05, 3.63) is 34.3 Å². The maximum atomic E-state index is 11.9. The van der Waals surface area contributed by atoms with Crippen molar-refractivity contribution in [1.29, 1.82) is 0 Å². The molecule has 0 aliphatic heterocycles. The molecule has 0 aliphatic carbocycles. The minimum atomic E-state index is -0.168. The number of hydrogen-bond donors (Lipinski definition) is 2. The van der Waals surface area contributed by atoms with E-state index in [2.05, 4.69) is 47.2 Å². The highest BCUT2D eigenvalue weighted by Crippen LogP contribution is 2.25. The summed E-state index contributed by atoms with van der Waals surface area (Å²) in [6.45, 7) is 8.53. The molecule has 0 radical (unpaired) electrons. The molecule has 1 amide bonds. The number of halogens is 1. The second-order valence-corrected chi connectivity index (χ2v) is 6.68. The van der Waals surface area contributed by atoms with Gasteiger partial charge in [0.1, 0.15) is 0 Å². The molecule has 0 saturated carbocycles. The molecule has 19 heavy (non-hydrogen) atoms. The van der Waals surface area contributed by atoms with Crippen LogP contribution in [0.5, 0.6) is 0 Å². The third-order valence-electron chi connectivity index (χ3n) is 3.51. The summed E-state index contributed by atoms with van der Waals surface area (Å²) in [6, 6.07) is 8.03. The molecule has 0 spiro atoms. The summed E-state index contributed by atoms with van der Waals surface area (Å²) in [5, 5.41) is 2.99. The predicted octanol–water partition coefficient (Wildman–Crippen LogP) is 2.83. The zero-order chi connectivity index (χ0) is 14.6. The second kappa shape index (κ2) is 6.53. The monoisotopic (exact) mass is 326 g/mol. The molecule has 106 valence electrons. The van der Waals surface area contributed by atoms with Crippen molar-refractivity contribution in [1.82, 2.24) is 5.32 Å². The van der Waals surface area contributed by atoms with Crippen molar-refractivity contribution in [2.45, 2.75) is 39.2 Å². The Bertz CT molecular complexity index is 444. The van der Waals surface area contributed by atoms with E-state index in [0.29, 0.717) is 6.54 Å². The van der Waals surface area contributed by atoms with Crippen LogP contribution in [0.1, 0.15) is 33.3 Å². The molecule has 0 aliphatic rings. The van der Waals surface area contributed by atoms with Crippen molar-refractivity contribution < 1.29 is 4.79 Å². The van der Waals surface area contributed by atoms with Crippen LogP contribution in [0.15, 0.2) is 28.7 Å². The Morgan fingerprint density at radius 3 is 2.58 bits per heavy atom. The molecule has 3 nitrogen and oxygen atoms in total. The molecular formula is C15H23BrN2O. The normalized spacial score (nSPS) is 14.8. The van der Waals surface area contributed by atoms with Crippen molar-refractivity contribution >= 4 is 21.8 Å². The average molecular weight is 327 g/mol. The van der Waals surface area contributed by atoms with E-state index in [-0.39, 0.29) is 23.3 Å². The Morgan fingerprint density at radius 2 is 2.05 bits per heavy atom. The summed E-state index contributed by atoms with van der Waals surface area (Å²) in [7, 11) is 0. The summed E-state index contributed by atoms with van der Waals surface area (Å²) in [5.41, 5.74) is 6.82. The highest BCUT2D eigenvalue weighted by Gasteiger charge is 2.24. The molecule has 4 heteroatoms. The molecule has 0 heterocycles. The molecule has 0 fully saturated rings. The largest absolute Gasteiger partial charge is 0.355 e. The van der Waals surface area contributed by atoms with E-state index >= 15 is 0 Å². The first kappa shape index (κ1) is 16.2. The van der Waals surface area contributed by atoms with Crippen LogP contribution in [0.25, 0.3) is 0 Å². The van der Waals surface area contributed by atoms with Gasteiger partial charge in [0, 0.05) is 28.4 Å². The Hall–Kier alpha value is -0.870. The zero-order valence-corrected chi connectivity index (χ0v) is 13.6. The van der Waals surface area contributed by atoms with E-state index in [0.717, 1.165) is 4.47 Å². The third-order valence-corrected chi connectivity index (χ3v) is 4.01. The maximum absolute atomic E-state index is 11.9. The molecule has 0 bridgehead atoms. The van der Waals surface area contributed by atoms with Gasteiger partial charge >= 0.3 is 0 Å². The van der Waals surface area contributed by atoms with E-state index in [4.69, 9.17) is 5.73 Å². The van der Waals surface area contributed by atoms with Gasteiger partial charge < -0.3 is 11.1 Å². The van der Waals surface area contributed by atoms with Gasteiger partial charge in [-0.3, -0.25) is 4.79 Å². The Labute approximate surface area is 124 Å². The molecule has 2 unspecified atom stereocenters. The maximum Gasteiger partial charge on any atom is 0.224 e. The van der Waals surface area contributed by atoms with Crippen LogP contribution >= 0.6 is 15.9 Å². The molecule has 0 saturated heterocycles. The van der Waals surface area contributed by atoms with Crippen LogP contribution in [0.4, 0.5) is 0 Å². The third kappa shape index (κ3) is 4.62. The molecule has 1 aromatic rings. The van der Waals surface area contributed by atoms with Gasteiger partial charge in [-0.05, 0) is 24.6 Å². The molecule has 3 N–H and O–H groups in total. The summed E-state index contributed by atoms with van der Waals surface area (Å²) in [5.74, 6) is -0.156. The van der Waals surface area contributed by atoms with Crippen molar-refractivity contribution in [2.75, 3.05) is 6.54 Å². The lowest BCUT2D eigenvalue weighted by atomic mass is 9.84. The lowest BCUT2D eigenvalue weighted by Gasteiger charge is -2.27. The summed E-state index contributed by atoms with van der Waals surface area (Å²) < 4.78 is 1.05. The summed E-state index contributed by atoms with van der Waals surface area (Å²) in [4.78, 5) is 11.9. The fourth-order valence-electron chi connectivity index (χ4n) is 1.72. The number of nitrogens with two attached hydrogens (primary N) is 1. The van der Waals surface area contributed by atoms with Gasteiger partial charge in [0.05, 0.1) is 0 Å². The van der Waals surface area contributed by atoms with Gasteiger partial charge in [-0.25, -0.2) is 0 Å². The van der Waals surface area contributed by atoms with Crippen molar-refractivity contribution in [3.63, 3.8) is 0 Å².